The molecule has 2 unspecified atom stereocenters. The fourth-order valence-corrected chi connectivity index (χ4v) is 2.32. The summed E-state index contributed by atoms with van der Waals surface area (Å²) in [5.41, 5.74) is 8.48. The van der Waals surface area contributed by atoms with E-state index >= 15 is 0 Å². The summed E-state index contributed by atoms with van der Waals surface area (Å²) in [5, 5.41) is 4.34. The maximum Gasteiger partial charge on any atom is 0.0540 e. The molecule has 0 aliphatic carbocycles. The van der Waals surface area contributed by atoms with Crippen molar-refractivity contribution in [2.75, 3.05) is 19.6 Å². The molecule has 4 heteroatoms. The molecule has 1 rings (SSSR count). The van der Waals surface area contributed by atoms with Crippen molar-refractivity contribution in [2.24, 2.45) is 18.7 Å². The van der Waals surface area contributed by atoms with Crippen molar-refractivity contribution in [1.82, 2.24) is 14.7 Å². The van der Waals surface area contributed by atoms with Crippen LogP contribution in [0.15, 0.2) is 6.20 Å². The predicted octanol–water partition coefficient (Wildman–Crippen LogP) is 2.10. The molecule has 104 valence electrons. The van der Waals surface area contributed by atoms with Gasteiger partial charge in [0.05, 0.1) is 12.2 Å². The van der Waals surface area contributed by atoms with Crippen molar-refractivity contribution >= 4 is 0 Å². The first-order valence-corrected chi connectivity index (χ1v) is 6.97. The Balaban J connectivity index is 2.89. The molecule has 0 saturated heterocycles. The lowest BCUT2D eigenvalue weighted by molar-refractivity contribution is 0.182. The molecule has 2 atom stereocenters. The minimum absolute atomic E-state index is 0.290. The van der Waals surface area contributed by atoms with Crippen LogP contribution in [0.5, 0.6) is 0 Å². The number of hydrogen-bond donors (Lipinski definition) is 1. The molecule has 0 amide bonds. The highest BCUT2D eigenvalue weighted by atomic mass is 15.3. The van der Waals surface area contributed by atoms with Gasteiger partial charge in [0.15, 0.2) is 0 Å². The zero-order valence-corrected chi connectivity index (χ0v) is 12.5. The van der Waals surface area contributed by atoms with Crippen LogP contribution in [0.4, 0.5) is 0 Å². The van der Waals surface area contributed by atoms with Crippen molar-refractivity contribution in [3.63, 3.8) is 0 Å². The number of likely N-dealkylation sites (N-methyl/N-ethyl adjacent to an activating group) is 1. The van der Waals surface area contributed by atoms with Crippen LogP contribution < -0.4 is 5.73 Å². The lowest BCUT2D eigenvalue weighted by atomic mass is 10.0. The molecule has 18 heavy (non-hydrogen) atoms. The Morgan fingerprint density at radius 3 is 2.50 bits per heavy atom. The van der Waals surface area contributed by atoms with E-state index in [0.717, 1.165) is 13.1 Å². The first kappa shape index (κ1) is 15.2. The smallest absolute Gasteiger partial charge is 0.0540 e. The lowest BCUT2D eigenvalue weighted by Crippen LogP contribution is -2.36. The first-order chi connectivity index (χ1) is 8.54. The zero-order valence-electron chi connectivity index (χ0n) is 12.5. The SMILES string of the molecule is CCC(C)CN(CC)C(CN)c1cnn(C)c1C. The monoisotopic (exact) mass is 252 g/mol. The highest BCUT2D eigenvalue weighted by Crippen LogP contribution is 2.23. The van der Waals surface area contributed by atoms with Gasteiger partial charge >= 0.3 is 0 Å². The number of hydrogen-bond acceptors (Lipinski definition) is 3. The second kappa shape index (κ2) is 6.90. The van der Waals surface area contributed by atoms with Crippen molar-refractivity contribution in [3.05, 3.63) is 17.5 Å². The molecule has 0 aliphatic heterocycles. The summed E-state index contributed by atoms with van der Waals surface area (Å²) in [7, 11) is 1.98. The Morgan fingerprint density at radius 2 is 2.11 bits per heavy atom. The third kappa shape index (κ3) is 3.33. The van der Waals surface area contributed by atoms with Crippen molar-refractivity contribution < 1.29 is 0 Å². The highest BCUT2D eigenvalue weighted by molar-refractivity contribution is 5.21. The van der Waals surface area contributed by atoms with Gasteiger partial charge < -0.3 is 5.73 Å². The van der Waals surface area contributed by atoms with Gasteiger partial charge in [-0.1, -0.05) is 27.2 Å². The fraction of sp³-hybridized carbons (Fsp3) is 0.786. The predicted molar refractivity (Wildman–Crippen MR) is 76.4 cm³/mol. The van der Waals surface area contributed by atoms with E-state index in [1.807, 2.05) is 17.9 Å². The number of aryl methyl sites for hydroxylation is 1. The molecule has 1 aromatic heterocycles. The quantitative estimate of drug-likeness (QED) is 0.808. The molecule has 0 aliphatic rings. The maximum atomic E-state index is 6.00. The number of rotatable bonds is 7. The third-order valence-corrected chi connectivity index (χ3v) is 3.95. The Morgan fingerprint density at radius 1 is 1.44 bits per heavy atom. The highest BCUT2D eigenvalue weighted by Gasteiger charge is 2.22. The van der Waals surface area contributed by atoms with E-state index in [0.29, 0.717) is 12.5 Å². The second-order valence-corrected chi connectivity index (χ2v) is 5.16. The summed E-state index contributed by atoms with van der Waals surface area (Å²) in [6.45, 7) is 11.6. The Bertz CT molecular complexity index is 359. The Hall–Kier alpha value is -0.870. The van der Waals surface area contributed by atoms with Gasteiger partial charge in [0, 0.05) is 31.4 Å². The van der Waals surface area contributed by atoms with E-state index in [2.05, 4.69) is 37.7 Å². The van der Waals surface area contributed by atoms with Crippen LogP contribution in [0.1, 0.15) is 44.5 Å². The van der Waals surface area contributed by atoms with Gasteiger partial charge in [0.25, 0.3) is 0 Å². The molecule has 1 aromatic rings. The molecule has 0 spiro atoms. The average Bonchev–Trinajstić information content (AvgIpc) is 2.70. The lowest BCUT2D eigenvalue weighted by Gasteiger charge is -2.31. The summed E-state index contributed by atoms with van der Waals surface area (Å²) in [4.78, 5) is 2.47. The first-order valence-electron chi connectivity index (χ1n) is 6.97. The van der Waals surface area contributed by atoms with E-state index in [1.165, 1.54) is 17.7 Å². The number of nitrogens with two attached hydrogens (primary N) is 1. The molecule has 4 nitrogen and oxygen atoms in total. The minimum Gasteiger partial charge on any atom is -0.329 e. The largest absolute Gasteiger partial charge is 0.329 e. The molecule has 0 aromatic carbocycles. The van der Waals surface area contributed by atoms with Gasteiger partial charge in [-0.25, -0.2) is 0 Å². The molecule has 2 N–H and O–H groups in total. The fourth-order valence-electron chi connectivity index (χ4n) is 2.32. The molecular formula is C14H28N4. The van der Waals surface area contributed by atoms with Crippen molar-refractivity contribution in [1.29, 1.82) is 0 Å². The van der Waals surface area contributed by atoms with Crippen molar-refractivity contribution in [2.45, 2.75) is 40.2 Å². The van der Waals surface area contributed by atoms with Crippen LogP contribution in [0.25, 0.3) is 0 Å². The molecular weight excluding hydrogens is 224 g/mol. The molecule has 1 heterocycles. The van der Waals surface area contributed by atoms with Gasteiger partial charge in [-0.15, -0.1) is 0 Å². The second-order valence-electron chi connectivity index (χ2n) is 5.16. The van der Waals surface area contributed by atoms with E-state index in [-0.39, 0.29) is 6.04 Å². The standard InChI is InChI=1S/C14H28N4/c1-6-11(3)10-18(7-2)14(8-15)13-9-16-17(5)12(13)4/h9,11,14H,6-8,10,15H2,1-5H3. The number of nitrogens with zero attached hydrogens (tertiary/aromatic N) is 3. The minimum atomic E-state index is 0.290. The summed E-state index contributed by atoms with van der Waals surface area (Å²) >= 11 is 0. The summed E-state index contributed by atoms with van der Waals surface area (Å²) in [5.74, 6) is 0.705. The van der Waals surface area contributed by atoms with Crippen LogP contribution >= 0.6 is 0 Å². The summed E-state index contributed by atoms with van der Waals surface area (Å²) in [6.07, 6.45) is 3.17. The summed E-state index contributed by atoms with van der Waals surface area (Å²) < 4.78 is 1.93. The van der Waals surface area contributed by atoms with Crippen LogP contribution in [0, 0.1) is 12.8 Å². The summed E-state index contributed by atoms with van der Waals surface area (Å²) in [6, 6.07) is 0.290. The van der Waals surface area contributed by atoms with Crippen molar-refractivity contribution in [3.8, 4) is 0 Å². The van der Waals surface area contributed by atoms with E-state index in [1.54, 1.807) is 0 Å². The molecule has 0 saturated carbocycles. The van der Waals surface area contributed by atoms with Gasteiger partial charge in [-0.3, -0.25) is 9.58 Å². The van der Waals surface area contributed by atoms with Gasteiger partial charge in [-0.05, 0) is 19.4 Å². The molecule has 0 bridgehead atoms. The van der Waals surface area contributed by atoms with E-state index < -0.39 is 0 Å². The Labute approximate surface area is 111 Å². The topological polar surface area (TPSA) is 47.1 Å². The van der Waals surface area contributed by atoms with Crippen LogP contribution in [-0.4, -0.2) is 34.3 Å². The van der Waals surface area contributed by atoms with Crippen LogP contribution in [-0.2, 0) is 7.05 Å². The van der Waals surface area contributed by atoms with Gasteiger partial charge in [0.2, 0.25) is 0 Å². The van der Waals surface area contributed by atoms with E-state index in [4.69, 9.17) is 5.73 Å². The van der Waals surface area contributed by atoms with Crippen LogP contribution in [0.3, 0.4) is 0 Å². The van der Waals surface area contributed by atoms with Gasteiger partial charge in [0.1, 0.15) is 0 Å². The molecule has 0 radical (unpaired) electrons. The third-order valence-electron chi connectivity index (χ3n) is 3.95. The zero-order chi connectivity index (χ0) is 13.7. The van der Waals surface area contributed by atoms with E-state index in [9.17, 15) is 0 Å². The Kier molecular flexibility index (Phi) is 5.82. The van der Waals surface area contributed by atoms with Gasteiger partial charge in [-0.2, -0.15) is 5.10 Å². The normalized spacial score (nSPS) is 15.1. The molecule has 0 fully saturated rings. The van der Waals surface area contributed by atoms with Crippen LogP contribution in [0.2, 0.25) is 0 Å². The maximum absolute atomic E-state index is 6.00. The average molecular weight is 252 g/mol. The number of aromatic nitrogens is 2.